The van der Waals surface area contributed by atoms with Crippen molar-refractivity contribution in [2.24, 2.45) is 0 Å². The largest absolute Gasteiger partial charge is 0.394 e. The second-order valence-electron chi connectivity index (χ2n) is 26.4. The van der Waals surface area contributed by atoms with Crippen molar-refractivity contribution in [3.05, 3.63) is 146 Å². The van der Waals surface area contributed by atoms with E-state index < -0.39 is 86.8 Å². The molecule has 14 nitrogen and oxygen atoms in total. The molecule has 12 atom stereocenters. The van der Waals surface area contributed by atoms with Crippen LogP contribution in [-0.4, -0.2) is 140 Å². The van der Waals surface area contributed by atoms with E-state index in [2.05, 4.69) is 153 Å². The fraction of sp³-hybridized carbons (Fsp3) is 0.699. The van der Waals surface area contributed by atoms with Gasteiger partial charge < -0.3 is 65.1 Å². The first-order chi connectivity index (χ1) is 47.6. The SMILES string of the molecule is CC/C=C\C/C=C\C/C=C\C/C=C\C/C=C\C/C=C\C/C=C\C/C=C\C/C=C\C/C=C\CCCCC(=O)NC(COC1OC(CO)C(OC2OC(CO)C(O)C(O)C2O)C(O)C1O)C(O)/C=C/CC/C=C/CCCCCCCCCCCCCCCCCCCCCCCCCC. The number of carbonyl (C=O) groups is 1. The Balaban J connectivity index is 1.70. The molecule has 2 saturated heterocycles. The molecule has 1 amide bonds. The summed E-state index contributed by atoms with van der Waals surface area (Å²) in [7, 11) is 0. The van der Waals surface area contributed by atoms with Gasteiger partial charge in [-0.1, -0.05) is 307 Å². The monoisotopic (exact) mass is 1360 g/mol. The van der Waals surface area contributed by atoms with Gasteiger partial charge in [-0.3, -0.25) is 4.79 Å². The van der Waals surface area contributed by atoms with Gasteiger partial charge in [-0.25, -0.2) is 0 Å². The van der Waals surface area contributed by atoms with E-state index in [9.17, 15) is 45.6 Å². The van der Waals surface area contributed by atoms with Crippen LogP contribution in [0.4, 0.5) is 0 Å². The van der Waals surface area contributed by atoms with Gasteiger partial charge in [0.05, 0.1) is 32.0 Å². The van der Waals surface area contributed by atoms with Gasteiger partial charge in [-0.15, -0.1) is 0 Å². The summed E-state index contributed by atoms with van der Waals surface area (Å²) in [4.78, 5) is 13.3. The molecule has 0 aromatic rings. The number of nitrogens with one attached hydrogen (secondary N) is 1. The van der Waals surface area contributed by atoms with E-state index in [1.54, 1.807) is 6.08 Å². The number of allylic oxidation sites excluding steroid dienone is 23. The van der Waals surface area contributed by atoms with E-state index >= 15 is 0 Å². The molecule has 12 unspecified atom stereocenters. The van der Waals surface area contributed by atoms with Crippen molar-refractivity contribution in [1.29, 1.82) is 0 Å². The summed E-state index contributed by atoms with van der Waals surface area (Å²) < 4.78 is 22.8. The Kier molecular flexibility index (Phi) is 59.8. The topological polar surface area (TPSA) is 228 Å². The summed E-state index contributed by atoms with van der Waals surface area (Å²) in [5.41, 5.74) is 0. The second-order valence-corrected chi connectivity index (χ2v) is 26.4. The minimum absolute atomic E-state index is 0.208. The zero-order chi connectivity index (χ0) is 70.1. The van der Waals surface area contributed by atoms with Gasteiger partial charge in [0, 0.05) is 6.42 Å². The van der Waals surface area contributed by atoms with Crippen LogP contribution in [0.3, 0.4) is 0 Å². The maximum absolute atomic E-state index is 13.3. The highest BCUT2D eigenvalue weighted by molar-refractivity contribution is 5.76. The number of carbonyl (C=O) groups excluding carboxylic acids is 1. The average molecular weight is 1360 g/mol. The summed E-state index contributed by atoms with van der Waals surface area (Å²) in [5.74, 6) is -0.295. The van der Waals surface area contributed by atoms with Gasteiger partial charge in [-0.2, -0.15) is 0 Å². The maximum Gasteiger partial charge on any atom is 0.220 e. The van der Waals surface area contributed by atoms with Gasteiger partial charge >= 0.3 is 0 Å². The Bertz CT molecular complexity index is 2190. The lowest BCUT2D eigenvalue weighted by atomic mass is 9.97. The highest BCUT2D eigenvalue weighted by atomic mass is 16.7. The molecule has 0 aromatic heterocycles. The number of hydrogen-bond donors (Lipinski definition) is 9. The summed E-state index contributed by atoms with van der Waals surface area (Å²) in [6, 6.07) is -0.969. The smallest absolute Gasteiger partial charge is 0.220 e. The molecule has 2 fully saturated rings. The molecule has 97 heavy (non-hydrogen) atoms. The molecular formula is C83H139NO13. The van der Waals surface area contributed by atoms with Crippen molar-refractivity contribution < 1.29 is 64.6 Å². The highest BCUT2D eigenvalue weighted by Crippen LogP contribution is 2.30. The maximum atomic E-state index is 13.3. The third kappa shape index (κ3) is 48.4. The summed E-state index contributed by atoms with van der Waals surface area (Å²) >= 11 is 0. The van der Waals surface area contributed by atoms with Crippen LogP contribution >= 0.6 is 0 Å². The van der Waals surface area contributed by atoms with Crippen molar-refractivity contribution in [2.45, 2.75) is 351 Å². The zero-order valence-corrected chi connectivity index (χ0v) is 60.5. The van der Waals surface area contributed by atoms with Crippen LogP contribution in [-0.2, 0) is 23.7 Å². The Morgan fingerprint density at radius 2 is 0.722 bits per heavy atom. The fourth-order valence-electron chi connectivity index (χ4n) is 11.7. The van der Waals surface area contributed by atoms with Crippen molar-refractivity contribution in [2.75, 3.05) is 19.8 Å². The van der Waals surface area contributed by atoms with Crippen LogP contribution in [0.15, 0.2) is 146 Å². The molecule has 554 valence electrons. The van der Waals surface area contributed by atoms with E-state index in [4.69, 9.17) is 18.9 Å². The Morgan fingerprint density at radius 1 is 0.381 bits per heavy atom. The number of aliphatic hydroxyl groups is 8. The van der Waals surface area contributed by atoms with Crippen LogP contribution in [0.25, 0.3) is 0 Å². The van der Waals surface area contributed by atoms with Crippen molar-refractivity contribution >= 4 is 5.91 Å². The van der Waals surface area contributed by atoms with Crippen molar-refractivity contribution in [3.8, 4) is 0 Å². The molecule has 14 heteroatoms. The summed E-state index contributed by atoms with van der Waals surface area (Å²) in [6.07, 6.45) is 82.0. The summed E-state index contributed by atoms with van der Waals surface area (Å²) in [5, 5.41) is 87.5. The lowest BCUT2D eigenvalue weighted by Crippen LogP contribution is -2.65. The first-order valence-electron chi connectivity index (χ1n) is 38.6. The molecule has 9 N–H and O–H groups in total. The lowest BCUT2D eigenvalue weighted by Gasteiger charge is -2.46. The number of aliphatic hydroxyl groups excluding tert-OH is 8. The molecule has 2 aliphatic heterocycles. The van der Waals surface area contributed by atoms with Gasteiger partial charge in [-0.05, 0) is 109 Å². The number of amides is 1. The van der Waals surface area contributed by atoms with Gasteiger partial charge in [0.15, 0.2) is 12.6 Å². The number of hydrogen-bond acceptors (Lipinski definition) is 13. The molecule has 0 aromatic carbocycles. The van der Waals surface area contributed by atoms with Crippen LogP contribution < -0.4 is 5.32 Å². The predicted octanol–water partition coefficient (Wildman–Crippen LogP) is 17.2. The van der Waals surface area contributed by atoms with Crippen LogP contribution in [0.1, 0.15) is 277 Å². The molecule has 2 aliphatic rings. The van der Waals surface area contributed by atoms with Gasteiger partial charge in [0.25, 0.3) is 0 Å². The minimum Gasteiger partial charge on any atom is -0.394 e. The minimum atomic E-state index is -1.80. The Morgan fingerprint density at radius 3 is 1.13 bits per heavy atom. The first-order valence-corrected chi connectivity index (χ1v) is 38.6. The van der Waals surface area contributed by atoms with Crippen LogP contribution in [0.5, 0.6) is 0 Å². The number of ether oxygens (including phenoxy) is 4. The van der Waals surface area contributed by atoms with Crippen LogP contribution in [0.2, 0.25) is 0 Å². The quantitative estimate of drug-likeness (QED) is 0.0204. The van der Waals surface area contributed by atoms with Crippen molar-refractivity contribution in [1.82, 2.24) is 5.32 Å². The van der Waals surface area contributed by atoms with Gasteiger partial charge in [0.1, 0.15) is 48.8 Å². The van der Waals surface area contributed by atoms with E-state index in [1.165, 1.54) is 154 Å². The molecule has 2 rings (SSSR count). The second kappa shape index (κ2) is 65.2. The van der Waals surface area contributed by atoms with Crippen molar-refractivity contribution in [3.63, 3.8) is 0 Å². The third-order valence-electron chi connectivity index (χ3n) is 17.8. The number of unbranched alkanes of at least 4 members (excludes halogenated alkanes) is 27. The Hall–Kier alpha value is -4.13. The van der Waals surface area contributed by atoms with E-state index in [0.29, 0.717) is 12.8 Å². The molecule has 0 aliphatic carbocycles. The molecule has 2 heterocycles. The Labute approximate surface area is 589 Å². The average Bonchev–Trinajstić information content (AvgIpc) is 0.794. The molecule has 0 bridgehead atoms. The normalized spacial score (nSPS) is 23.0. The highest BCUT2D eigenvalue weighted by Gasteiger charge is 2.51. The molecule has 0 radical (unpaired) electrons. The van der Waals surface area contributed by atoms with E-state index in [0.717, 1.165) is 89.9 Å². The zero-order valence-electron chi connectivity index (χ0n) is 60.5. The molecule has 0 saturated carbocycles. The van der Waals surface area contributed by atoms with E-state index in [1.807, 2.05) is 6.08 Å². The number of rotatable bonds is 62. The first kappa shape index (κ1) is 89.0. The summed E-state index contributed by atoms with van der Waals surface area (Å²) in [6.45, 7) is 2.66. The fourth-order valence-corrected chi connectivity index (χ4v) is 11.7. The molecule has 0 spiro atoms. The lowest BCUT2D eigenvalue weighted by molar-refractivity contribution is -0.359. The van der Waals surface area contributed by atoms with Gasteiger partial charge in [0.2, 0.25) is 5.91 Å². The van der Waals surface area contributed by atoms with Crippen LogP contribution in [0, 0.1) is 0 Å². The molecular weight excluding hydrogens is 1220 g/mol. The van der Waals surface area contributed by atoms with E-state index in [-0.39, 0.29) is 18.9 Å². The third-order valence-corrected chi connectivity index (χ3v) is 17.8. The predicted molar refractivity (Wildman–Crippen MR) is 401 cm³/mol. The standard InChI is InChI=1S/C83H139NO13/c1-3-5-7-9-11-13-15-17-19-21-23-25-27-29-31-33-35-36-37-39-41-43-45-47-49-51-53-55-57-59-61-63-65-67-75(88)84-71(70-94-82-80(93)78(91)81(74(69-86)96-82)97-83-79(92)77(90)76(89)73(68-85)95-83)72(87)66-64-62-60-58-56-54-52-50-48-46-44-42-40-38-34-32-30-28-26-24-22-20-18-16-14-12-10-8-6-4-2/h5,7,11,13,17,19,23,25,29,31,35-36,39,41,45,47,51,53,56-59,64,66,71-74,76-83,85-87,89-93H,3-4,6,8-10,12,14-16,18,20-22,24,26-28,30,32-34,37-38,40,42-44,46,48-50,52,54-55,60-63,65,67-70H2,1-2H3,(H,84,88)/b7-5-,13-11-,19-17-,25-23-,31-29-,36-35-,41-39-,47-45-,53-51-,58-56+,59-57-,66-64+.